The number of halogens is 1. The molecule has 0 saturated carbocycles. The van der Waals surface area contributed by atoms with Crippen LogP contribution in [0.1, 0.15) is 46.7 Å². The van der Waals surface area contributed by atoms with E-state index >= 15 is 0 Å². The molecule has 2 aromatic rings. The average Bonchev–Trinajstić information content (AvgIpc) is 3.19. The zero-order valence-electron chi connectivity index (χ0n) is 18.5. The maximum absolute atomic E-state index is 12.1. The van der Waals surface area contributed by atoms with Gasteiger partial charge in [-0.3, -0.25) is 9.79 Å². The van der Waals surface area contributed by atoms with E-state index in [-0.39, 0.29) is 36.0 Å². The fourth-order valence-corrected chi connectivity index (χ4v) is 3.56. The molecule has 7 nitrogen and oxygen atoms in total. The summed E-state index contributed by atoms with van der Waals surface area (Å²) in [7, 11) is 0. The molecule has 0 spiro atoms. The number of hydrogen-bond acceptors (Lipinski definition) is 4. The number of nitrogens with one attached hydrogen (secondary N) is 2. The summed E-state index contributed by atoms with van der Waals surface area (Å²) < 4.78 is 11.3. The van der Waals surface area contributed by atoms with Gasteiger partial charge >= 0.3 is 0 Å². The van der Waals surface area contributed by atoms with E-state index in [1.807, 2.05) is 6.92 Å². The third-order valence-corrected chi connectivity index (χ3v) is 5.19. The van der Waals surface area contributed by atoms with Gasteiger partial charge in [0.2, 0.25) is 0 Å². The van der Waals surface area contributed by atoms with Gasteiger partial charge in [0.25, 0.3) is 5.91 Å². The molecule has 0 radical (unpaired) electrons. The van der Waals surface area contributed by atoms with E-state index in [0.29, 0.717) is 25.5 Å². The van der Waals surface area contributed by atoms with E-state index in [0.717, 1.165) is 37.6 Å². The molecule has 1 saturated heterocycles. The maximum Gasteiger partial charge on any atom is 0.287 e. The Labute approximate surface area is 201 Å². The molecule has 0 aliphatic carbocycles. The highest BCUT2D eigenvalue weighted by Gasteiger charge is 2.25. The van der Waals surface area contributed by atoms with E-state index in [2.05, 4.69) is 53.6 Å². The second-order valence-electron chi connectivity index (χ2n) is 7.44. The van der Waals surface area contributed by atoms with E-state index in [1.165, 1.54) is 17.4 Å². The minimum atomic E-state index is -0.178. The Morgan fingerprint density at radius 3 is 2.71 bits per heavy atom. The van der Waals surface area contributed by atoms with Crippen LogP contribution in [-0.2, 0) is 4.74 Å². The molecule has 3 rings (SSSR count). The van der Waals surface area contributed by atoms with Crippen LogP contribution >= 0.6 is 24.0 Å². The van der Waals surface area contributed by atoms with Crippen molar-refractivity contribution in [1.29, 1.82) is 0 Å². The Morgan fingerprint density at radius 1 is 1.19 bits per heavy atom. The molecule has 31 heavy (non-hydrogen) atoms. The highest BCUT2D eigenvalue weighted by molar-refractivity contribution is 14.0. The van der Waals surface area contributed by atoms with Gasteiger partial charge < -0.3 is 24.7 Å². The first-order valence-corrected chi connectivity index (χ1v) is 10.6. The molecule has 1 aliphatic rings. The Morgan fingerprint density at radius 2 is 2.00 bits per heavy atom. The molecule has 2 N–H and O–H groups in total. The Bertz CT molecular complexity index is 868. The van der Waals surface area contributed by atoms with Gasteiger partial charge in [-0.25, -0.2) is 0 Å². The molecule has 1 amide bonds. The van der Waals surface area contributed by atoms with E-state index in [4.69, 9.17) is 14.1 Å². The minimum absolute atomic E-state index is 0. The van der Waals surface area contributed by atoms with Crippen LogP contribution in [0.2, 0.25) is 0 Å². The Balaban J connectivity index is 0.00000341. The van der Waals surface area contributed by atoms with Gasteiger partial charge in [-0.2, -0.15) is 0 Å². The first kappa shape index (κ1) is 25.2. The van der Waals surface area contributed by atoms with Crippen LogP contribution in [0.5, 0.6) is 0 Å². The van der Waals surface area contributed by atoms with Gasteiger partial charge in [0.15, 0.2) is 11.7 Å². The van der Waals surface area contributed by atoms with Gasteiger partial charge in [-0.1, -0.05) is 24.3 Å². The molecular formula is C23H33IN4O3. The molecule has 1 unspecified atom stereocenters. The Hall–Kier alpha value is -2.07. The third kappa shape index (κ3) is 6.96. The first-order valence-electron chi connectivity index (χ1n) is 10.6. The SMILES string of the molecule is CCNC(=NCCCNC(=O)c1occc1C)N1CCOC(c2ccccc2C)C1.I. The second-order valence-corrected chi connectivity index (χ2v) is 7.44. The zero-order valence-corrected chi connectivity index (χ0v) is 20.8. The summed E-state index contributed by atoms with van der Waals surface area (Å²) in [4.78, 5) is 19.1. The molecule has 0 bridgehead atoms. The quantitative estimate of drug-likeness (QED) is 0.243. The lowest BCUT2D eigenvalue weighted by Gasteiger charge is -2.35. The normalized spacial score (nSPS) is 16.5. The number of amides is 1. The van der Waals surface area contributed by atoms with Crippen LogP contribution in [0, 0.1) is 13.8 Å². The number of carbonyl (C=O) groups is 1. The summed E-state index contributed by atoms with van der Waals surface area (Å²) in [6.07, 6.45) is 2.33. The lowest BCUT2D eigenvalue weighted by Crippen LogP contribution is -2.48. The number of aliphatic imine (C=N–C) groups is 1. The summed E-state index contributed by atoms with van der Waals surface area (Å²) >= 11 is 0. The van der Waals surface area contributed by atoms with Crippen molar-refractivity contribution in [2.24, 2.45) is 4.99 Å². The average molecular weight is 540 g/mol. The predicted molar refractivity (Wildman–Crippen MR) is 133 cm³/mol. The van der Waals surface area contributed by atoms with Crippen LogP contribution in [0.15, 0.2) is 46.0 Å². The molecular weight excluding hydrogens is 507 g/mol. The number of carbonyl (C=O) groups excluding carboxylic acids is 1. The summed E-state index contributed by atoms with van der Waals surface area (Å²) in [5, 5.41) is 6.28. The van der Waals surface area contributed by atoms with E-state index in [1.54, 1.807) is 6.07 Å². The monoisotopic (exact) mass is 540 g/mol. The molecule has 1 aliphatic heterocycles. The number of benzene rings is 1. The summed E-state index contributed by atoms with van der Waals surface area (Å²) in [5.74, 6) is 1.10. The zero-order chi connectivity index (χ0) is 21.3. The van der Waals surface area contributed by atoms with Crippen LogP contribution in [0.3, 0.4) is 0 Å². The van der Waals surface area contributed by atoms with E-state index in [9.17, 15) is 4.79 Å². The van der Waals surface area contributed by atoms with Gasteiger partial charge in [0.05, 0.1) is 19.4 Å². The van der Waals surface area contributed by atoms with Gasteiger partial charge in [-0.05, 0) is 44.4 Å². The van der Waals surface area contributed by atoms with Crippen LogP contribution in [-0.4, -0.2) is 56.1 Å². The highest BCUT2D eigenvalue weighted by Crippen LogP contribution is 2.25. The van der Waals surface area contributed by atoms with Crippen molar-refractivity contribution in [3.8, 4) is 0 Å². The van der Waals surface area contributed by atoms with Crippen molar-refractivity contribution in [3.05, 3.63) is 59.0 Å². The van der Waals surface area contributed by atoms with Gasteiger partial charge in [-0.15, -0.1) is 24.0 Å². The summed E-state index contributed by atoms with van der Waals surface area (Å²) in [6, 6.07) is 10.2. The van der Waals surface area contributed by atoms with Crippen molar-refractivity contribution >= 4 is 35.8 Å². The smallest absolute Gasteiger partial charge is 0.287 e. The number of furan rings is 1. The van der Waals surface area contributed by atoms with Crippen molar-refractivity contribution in [1.82, 2.24) is 15.5 Å². The molecule has 170 valence electrons. The summed E-state index contributed by atoms with van der Waals surface area (Å²) in [5.41, 5.74) is 3.32. The topological polar surface area (TPSA) is 79.1 Å². The number of ether oxygens (including phenoxy) is 1. The molecule has 8 heteroatoms. The fraction of sp³-hybridized carbons (Fsp3) is 0.478. The number of rotatable bonds is 7. The van der Waals surface area contributed by atoms with Crippen molar-refractivity contribution in [2.45, 2.75) is 33.3 Å². The van der Waals surface area contributed by atoms with Crippen molar-refractivity contribution < 1.29 is 13.9 Å². The van der Waals surface area contributed by atoms with Gasteiger partial charge in [0, 0.05) is 31.7 Å². The lowest BCUT2D eigenvalue weighted by atomic mass is 10.0. The fourth-order valence-electron chi connectivity index (χ4n) is 3.56. The Kier molecular flexibility index (Phi) is 10.3. The minimum Gasteiger partial charge on any atom is -0.459 e. The molecule has 1 fully saturated rings. The highest BCUT2D eigenvalue weighted by atomic mass is 127. The molecule has 1 aromatic carbocycles. The number of guanidine groups is 1. The third-order valence-electron chi connectivity index (χ3n) is 5.19. The molecule has 2 heterocycles. The molecule has 1 atom stereocenters. The number of hydrogen-bond donors (Lipinski definition) is 2. The summed E-state index contributed by atoms with van der Waals surface area (Å²) in [6.45, 7) is 10.3. The van der Waals surface area contributed by atoms with Gasteiger partial charge in [0.1, 0.15) is 6.10 Å². The lowest BCUT2D eigenvalue weighted by molar-refractivity contribution is -0.00832. The second kappa shape index (κ2) is 12.7. The van der Waals surface area contributed by atoms with Crippen molar-refractivity contribution in [3.63, 3.8) is 0 Å². The maximum atomic E-state index is 12.1. The van der Waals surface area contributed by atoms with E-state index < -0.39 is 0 Å². The number of morpholine rings is 1. The van der Waals surface area contributed by atoms with Crippen LogP contribution < -0.4 is 10.6 Å². The number of aryl methyl sites for hydroxylation is 2. The standard InChI is InChI=1S/C23H32N4O3.HI/c1-4-24-23(26-12-7-11-25-22(28)21-18(3)10-14-30-21)27-13-15-29-20(16-27)19-9-6-5-8-17(19)2;/h5-6,8-10,14,20H,4,7,11-13,15-16H2,1-3H3,(H,24,26)(H,25,28);1H. The molecule has 1 aromatic heterocycles. The van der Waals surface area contributed by atoms with Crippen molar-refractivity contribution in [2.75, 3.05) is 39.3 Å². The largest absolute Gasteiger partial charge is 0.459 e. The predicted octanol–water partition coefficient (Wildman–Crippen LogP) is 3.67. The van der Waals surface area contributed by atoms with Crippen LogP contribution in [0.4, 0.5) is 0 Å². The first-order chi connectivity index (χ1) is 14.6. The number of nitrogens with zero attached hydrogens (tertiary/aromatic N) is 2. The van der Waals surface area contributed by atoms with Crippen LogP contribution in [0.25, 0.3) is 0 Å².